The van der Waals surface area contributed by atoms with E-state index in [1.807, 2.05) is 28.8 Å². The molecule has 3 aromatic rings. The van der Waals surface area contributed by atoms with Crippen molar-refractivity contribution in [3.05, 3.63) is 59.5 Å². The highest BCUT2D eigenvalue weighted by molar-refractivity contribution is 5.63. The van der Waals surface area contributed by atoms with E-state index in [-0.39, 0.29) is 6.61 Å². The lowest BCUT2D eigenvalue weighted by Gasteiger charge is -2.06. The van der Waals surface area contributed by atoms with Gasteiger partial charge in [-0.1, -0.05) is 24.3 Å². The van der Waals surface area contributed by atoms with Crippen molar-refractivity contribution >= 4 is 0 Å². The van der Waals surface area contributed by atoms with Crippen LogP contribution in [0.2, 0.25) is 0 Å². The number of hydrogen-bond acceptors (Lipinski definition) is 3. The van der Waals surface area contributed by atoms with Crippen LogP contribution in [-0.4, -0.2) is 24.7 Å². The third-order valence-corrected chi connectivity index (χ3v) is 3.56. The SMILES string of the molecule is Cc1cnn(C)c1-c1ccc(Cn2cc(CO)cn2)cc1. The summed E-state index contributed by atoms with van der Waals surface area (Å²) in [6, 6.07) is 8.41. The zero-order valence-electron chi connectivity index (χ0n) is 12.2. The van der Waals surface area contributed by atoms with Crippen LogP contribution in [0.15, 0.2) is 42.9 Å². The quantitative estimate of drug-likeness (QED) is 0.797. The maximum absolute atomic E-state index is 9.05. The topological polar surface area (TPSA) is 55.9 Å². The molecule has 3 rings (SSSR count). The average molecular weight is 282 g/mol. The minimum absolute atomic E-state index is 0.0265. The predicted molar refractivity (Wildman–Crippen MR) is 80.6 cm³/mol. The van der Waals surface area contributed by atoms with E-state index in [0.717, 1.165) is 16.8 Å². The van der Waals surface area contributed by atoms with Gasteiger partial charge in [0.15, 0.2) is 0 Å². The van der Waals surface area contributed by atoms with Gasteiger partial charge in [0.25, 0.3) is 0 Å². The standard InChI is InChI=1S/C16H18N4O/c1-12-7-17-19(2)16(12)15-5-3-13(4-6-15)9-20-10-14(11-21)8-18-20/h3-8,10,21H,9,11H2,1-2H3. The molecule has 0 fully saturated rings. The van der Waals surface area contributed by atoms with E-state index in [4.69, 9.17) is 5.11 Å². The molecule has 0 bridgehead atoms. The fourth-order valence-electron chi connectivity index (χ4n) is 2.49. The van der Waals surface area contributed by atoms with E-state index in [0.29, 0.717) is 6.54 Å². The highest BCUT2D eigenvalue weighted by atomic mass is 16.3. The van der Waals surface area contributed by atoms with E-state index in [1.165, 1.54) is 11.1 Å². The Bertz CT molecular complexity index is 720. The molecule has 0 saturated carbocycles. The van der Waals surface area contributed by atoms with Crippen molar-refractivity contribution < 1.29 is 5.11 Å². The molecule has 21 heavy (non-hydrogen) atoms. The molecule has 0 aliphatic carbocycles. The summed E-state index contributed by atoms with van der Waals surface area (Å²) in [7, 11) is 1.95. The molecule has 0 amide bonds. The Morgan fingerprint density at radius 2 is 1.81 bits per heavy atom. The van der Waals surface area contributed by atoms with E-state index in [1.54, 1.807) is 6.20 Å². The number of hydrogen-bond donors (Lipinski definition) is 1. The molecule has 0 atom stereocenters. The lowest BCUT2D eigenvalue weighted by molar-refractivity contribution is 0.281. The maximum atomic E-state index is 9.05. The number of aryl methyl sites for hydroxylation is 2. The molecule has 2 aromatic heterocycles. The van der Waals surface area contributed by atoms with Crippen LogP contribution in [0.1, 0.15) is 16.7 Å². The Morgan fingerprint density at radius 1 is 1.05 bits per heavy atom. The van der Waals surface area contributed by atoms with Gasteiger partial charge in [-0.15, -0.1) is 0 Å². The van der Waals surface area contributed by atoms with Crippen molar-refractivity contribution in [3.63, 3.8) is 0 Å². The van der Waals surface area contributed by atoms with Crippen LogP contribution in [0.5, 0.6) is 0 Å². The smallest absolute Gasteiger partial charge is 0.0712 e. The Morgan fingerprint density at radius 3 is 2.38 bits per heavy atom. The normalized spacial score (nSPS) is 11.0. The number of aliphatic hydroxyl groups is 1. The summed E-state index contributed by atoms with van der Waals surface area (Å²) in [4.78, 5) is 0. The third-order valence-electron chi connectivity index (χ3n) is 3.56. The number of aliphatic hydroxyl groups excluding tert-OH is 1. The van der Waals surface area contributed by atoms with Crippen molar-refractivity contribution in [2.45, 2.75) is 20.1 Å². The molecular formula is C16H18N4O. The van der Waals surface area contributed by atoms with Gasteiger partial charge in [-0.2, -0.15) is 10.2 Å². The van der Waals surface area contributed by atoms with Crippen LogP contribution in [-0.2, 0) is 20.2 Å². The van der Waals surface area contributed by atoms with Gasteiger partial charge in [0.1, 0.15) is 0 Å². The number of nitrogens with zero attached hydrogens (tertiary/aromatic N) is 4. The first-order valence-electron chi connectivity index (χ1n) is 6.87. The molecule has 0 saturated heterocycles. The van der Waals surface area contributed by atoms with Gasteiger partial charge in [0, 0.05) is 24.4 Å². The van der Waals surface area contributed by atoms with Crippen molar-refractivity contribution in [1.82, 2.24) is 19.6 Å². The zero-order valence-corrected chi connectivity index (χ0v) is 12.2. The number of rotatable bonds is 4. The molecule has 0 spiro atoms. The largest absolute Gasteiger partial charge is 0.392 e. The van der Waals surface area contributed by atoms with Gasteiger partial charge in [0.2, 0.25) is 0 Å². The van der Waals surface area contributed by atoms with Crippen molar-refractivity contribution in [2.75, 3.05) is 0 Å². The van der Waals surface area contributed by atoms with E-state index >= 15 is 0 Å². The molecule has 0 aliphatic rings. The number of aromatic nitrogens is 4. The molecule has 5 heteroatoms. The van der Waals surface area contributed by atoms with Crippen LogP contribution in [0.25, 0.3) is 11.3 Å². The first-order valence-corrected chi connectivity index (χ1v) is 6.87. The van der Waals surface area contributed by atoms with Crippen molar-refractivity contribution in [3.8, 4) is 11.3 Å². The van der Waals surface area contributed by atoms with Crippen molar-refractivity contribution in [2.24, 2.45) is 7.05 Å². The fraction of sp³-hybridized carbons (Fsp3) is 0.250. The van der Waals surface area contributed by atoms with Gasteiger partial charge in [-0.05, 0) is 18.1 Å². The molecule has 2 heterocycles. The minimum Gasteiger partial charge on any atom is -0.392 e. The average Bonchev–Trinajstić information content (AvgIpc) is 3.07. The Balaban J connectivity index is 1.81. The Labute approximate surface area is 123 Å². The molecular weight excluding hydrogens is 264 g/mol. The monoisotopic (exact) mass is 282 g/mol. The molecule has 0 radical (unpaired) electrons. The summed E-state index contributed by atoms with van der Waals surface area (Å²) in [5.74, 6) is 0. The molecule has 0 aliphatic heterocycles. The molecule has 5 nitrogen and oxygen atoms in total. The molecule has 1 N–H and O–H groups in total. The van der Waals surface area contributed by atoms with Gasteiger partial charge in [-0.25, -0.2) is 0 Å². The van der Waals surface area contributed by atoms with Gasteiger partial charge < -0.3 is 5.11 Å². The van der Waals surface area contributed by atoms with Gasteiger partial charge in [-0.3, -0.25) is 9.36 Å². The van der Waals surface area contributed by atoms with Crippen LogP contribution < -0.4 is 0 Å². The maximum Gasteiger partial charge on any atom is 0.0712 e. The van der Waals surface area contributed by atoms with Crippen LogP contribution >= 0.6 is 0 Å². The molecule has 108 valence electrons. The predicted octanol–water partition coefficient (Wildman–Crippen LogP) is 2.13. The zero-order chi connectivity index (χ0) is 14.8. The summed E-state index contributed by atoms with van der Waals surface area (Å²) < 4.78 is 3.72. The second-order valence-corrected chi connectivity index (χ2v) is 5.20. The fourth-order valence-corrected chi connectivity index (χ4v) is 2.49. The lowest BCUT2D eigenvalue weighted by atomic mass is 10.1. The first kappa shape index (κ1) is 13.6. The summed E-state index contributed by atoms with van der Waals surface area (Å²) in [6.45, 7) is 2.79. The summed E-state index contributed by atoms with van der Waals surface area (Å²) in [5.41, 5.74) is 5.48. The van der Waals surface area contributed by atoms with E-state index in [2.05, 4.69) is 41.4 Å². The summed E-state index contributed by atoms with van der Waals surface area (Å²) in [6.07, 6.45) is 5.43. The minimum atomic E-state index is 0.0265. The second kappa shape index (κ2) is 5.54. The van der Waals surface area contributed by atoms with Crippen LogP contribution in [0.4, 0.5) is 0 Å². The first-order chi connectivity index (χ1) is 10.2. The van der Waals surface area contributed by atoms with Gasteiger partial charge in [0.05, 0.1) is 31.2 Å². The Hall–Kier alpha value is -2.40. The van der Waals surface area contributed by atoms with Crippen LogP contribution in [0, 0.1) is 6.92 Å². The van der Waals surface area contributed by atoms with E-state index in [9.17, 15) is 0 Å². The summed E-state index contributed by atoms with van der Waals surface area (Å²) in [5, 5.41) is 17.5. The third kappa shape index (κ3) is 2.73. The van der Waals surface area contributed by atoms with Crippen molar-refractivity contribution in [1.29, 1.82) is 0 Å². The van der Waals surface area contributed by atoms with Gasteiger partial charge >= 0.3 is 0 Å². The molecule has 1 aromatic carbocycles. The number of benzene rings is 1. The molecule has 0 unspecified atom stereocenters. The highest BCUT2D eigenvalue weighted by Gasteiger charge is 2.07. The lowest BCUT2D eigenvalue weighted by Crippen LogP contribution is -2.00. The van der Waals surface area contributed by atoms with E-state index < -0.39 is 0 Å². The van der Waals surface area contributed by atoms with Crippen LogP contribution in [0.3, 0.4) is 0 Å². The Kier molecular flexibility index (Phi) is 3.58. The summed E-state index contributed by atoms with van der Waals surface area (Å²) >= 11 is 0. The second-order valence-electron chi connectivity index (χ2n) is 5.20. The highest BCUT2D eigenvalue weighted by Crippen LogP contribution is 2.22.